The van der Waals surface area contributed by atoms with Crippen LogP contribution in [0.2, 0.25) is 0 Å². The number of nitrogens with zero attached hydrogens (tertiary/aromatic N) is 1. The van der Waals surface area contributed by atoms with Crippen LogP contribution in [0.5, 0.6) is 0 Å². The third-order valence-corrected chi connectivity index (χ3v) is 2.26. The molecule has 0 aliphatic rings. The third-order valence-electron chi connectivity index (χ3n) is 2.26. The second-order valence-electron chi connectivity index (χ2n) is 5.10. The van der Waals surface area contributed by atoms with Crippen molar-refractivity contribution in [2.75, 3.05) is 27.2 Å². The normalized spacial score (nSPS) is 15.0. The van der Waals surface area contributed by atoms with Crippen molar-refractivity contribution in [3.05, 3.63) is 0 Å². The minimum atomic E-state index is 0.399. The van der Waals surface area contributed by atoms with E-state index in [0.717, 1.165) is 13.1 Å². The number of rotatable bonds is 5. The van der Waals surface area contributed by atoms with Gasteiger partial charge in [-0.05, 0) is 25.9 Å². The highest BCUT2D eigenvalue weighted by molar-refractivity contribution is 4.74. The molecule has 0 amide bonds. The van der Waals surface area contributed by atoms with Crippen molar-refractivity contribution < 1.29 is 0 Å². The second-order valence-corrected chi connectivity index (χ2v) is 5.10. The number of likely N-dealkylation sites (N-methyl/N-ethyl adjacent to an activating group) is 2. The van der Waals surface area contributed by atoms with E-state index in [1.54, 1.807) is 0 Å². The van der Waals surface area contributed by atoms with Crippen LogP contribution in [0.1, 0.15) is 34.1 Å². The molecule has 0 aliphatic heterocycles. The zero-order chi connectivity index (χ0) is 10.5. The molecule has 0 aromatic rings. The van der Waals surface area contributed by atoms with Gasteiger partial charge in [0.2, 0.25) is 0 Å². The van der Waals surface area contributed by atoms with Crippen LogP contribution >= 0.6 is 0 Å². The maximum atomic E-state index is 3.24. The van der Waals surface area contributed by atoms with E-state index in [2.05, 4.69) is 45.0 Å². The molecule has 0 rings (SSSR count). The van der Waals surface area contributed by atoms with Crippen LogP contribution in [0.3, 0.4) is 0 Å². The summed E-state index contributed by atoms with van der Waals surface area (Å²) in [6, 6.07) is 0.671. The molecule has 0 saturated carbocycles. The topological polar surface area (TPSA) is 15.3 Å². The minimum Gasteiger partial charge on any atom is -0.318 e. The SMILES string of the molecule is CCC(CNC)N(C)CC(C)(C)C. The summed E-state index contributed by atoms with van der Waals surface area (Å²) >= 11 is 0. The van der Waals surface area contributed by atoms with Gasteiger partial charge in [0.05, 0.1) is 0 Å². The van der Waals surface area contributed by atoms with E-state index in [-0.39, 0.29) is 0 Å². The lowest BCUT2D eigenvalue weighted by Crippen LogP contribution is -2.42. The predicted octanol–water partition coefficient (Wildman–Crippen LogP) is 1.96. The van der Waals surface area contributed by atoms with Gasteiger partial charge in [0.15, 0.2) is 0 Å². The molecule has 0 aliphatic carbocycles. The summed E-state index contributed by atoms with van der Waals surface area (Å²) in [7, 11) is 4.24. The highest BCUT2D eigenvalue weighted by Crippen LogP contribution is 2.16. The van der Waals surface area contributed by atoms with Gasteiger partial charge in [-0.1, -0.05) is 27.7 Å². The Morgan fingerprint density at radius 1 is 1.31 bits per heavy atom. The van der Waals surface area contributed by atoms with Gasteiger partial charge >= 0.3 is 0 Å². The van der Waals surface area contributed by atoms with Gasteiger partial charge in [-0.3, -0.25) is 0 Å². The van der Waals surface area contributed by atoms with Crippen molar-refractivity contribution in [1.82, 2.24) is 10.2 Å². The fourth-order valence-electron chi connectivity index (χ4n) is 1.72. The lowest BCUT2D eigenvalue weighted by molar-refractivity contribution is 0.166. The minimum absolute atomic E-state index is 0.399. The van der Waals surface area contributed by atoms with Crippen LogP contribution in [-0.4, -0.2) is 38.1 Å². The van der Waals surface area contributed by atoms with Crippen molar-refractivity contribution in [3.63, 3.8) is 0 Å². The molecule has 0 saturated heterocycles. The van der Waals surface area contributed by atoms with Gasteiger partial charge in [0, 0.05) is 19.1 Å². The predicted molar refractivity (Wildman–Crippen MR) is 60.1 cm³/mol. The molecule has 1 N–H and O–H groups in total. The van der Waals surface area contributed by atoms with E-state index in [1.165, 1.54) is 6.42 Å². The van der Waals surface area contributed by atoms with Crippen molar-refractivity contribution in [3.8, 4) is 0 Å². The van der Waals surface area contributed by atoms with Gasteiger partial charge in [0.1, 0.15) is 0 Å². The van der Waals surface area contributed by atoms with Crippen LogP contribution in [-0.2, 0) is 0 Å². The summed E-state index contributed by atoms with van der Waals surface area (Å²) in [6.07, 6.45) is 1.22. The Labute approximate surface area is 83.7 Å². The van der Waals surface area contributed by atoms with E-state index in [4.69, 9.17) is 0 Å². The summed E-state index contributed by atoms with van der Waals surface area (Å²) in [5.41, 5.74) is 0.399. The first-order valence-corrected chi connectivity index (χ1v) is 5.25. The fourth-order valence-corrected chi connectivity index (χ4v) is 1.72. The van der Waals surface area contributed by atoms with E-state index >= 15 is 0 Å². The first-order valence-electron chi connectivity index (χ1n) is 5.25. The maximum absolute atomic E-state index is 3.24. The lowest BCUT2D eigenvalue weighted by Gasteiger charge is -2.32. The average Bonchev–Trinajstić information content (AvgIpc) is 1.96. The van der Waals surface area contributed by atoms with Crippen molar-refractivity contribution in [2.45, 2.75) is 40.2 Å². The van der Waals surface area contributed by atoms with Crippen molar-refractivity contribution in [1.29, 1.82) is 0 Å². The smallest absolute Gasteiger partial charge is 0.0215 e. The molecule has 0 aromatic carbocycles. The Hall–Kier alpha value is -0.0800. The summed E-state index contributed by atoms with van der Waals surface area (Å²) in [4.78, 5) is 2.45. The second kappa shape index (κ2) is 5.61. The molecule has 0 aromatic heterocycles. The number of hydrogen-bond acceptors (Lipinski definition) is 2. The molecule has 0 heterocycles. The molecule has 80 valence electrons. The van der Waals surface area contributed by atoms with Crippen LogP contribution in [0.25, 0.3) is 0 Å². The summed E-state index contributed by atoms with van der Waals surface area (Å²) in [5.74, 6) is 0. The Kier molecular flexibility index (Phi) is 5.57. The zero-order valence-corrected chi connectivity index (χ0v) is 10.1. The Morgan fingerprint density at radius 3 is 2.15 bits per heavy atom. The number of nitrogens with one attached hydrogen (secondary N) is 1. The number of hydrogen-bond donors (Lipinski definition) is 1. The van der Waals surface area contributed by atoms with Gasteiger partial charge in [-0.15, -0.1) is 0 Å². The first-order chi connectivity index (χ1) is 5.90. The molecule has 0 bridgehead atoms. The average molecular weight is 186 g/mol. The molecule has 2 nitrogen and oxygen atoms in total. The molecule has 1 unspecified atom stereocenters. The first kappa shape index (κ1) is 12.9. The molecule has 13 heavy (non-hydrogen) atoms. The maximum Gasteiger partial charge on any atom is 0.0215 e. The molecule has 0 fully saturated rings. The van der Waals surface area contributed by atoms with Gasteiger partial charge in [-0.2, -0.15) is 0 Å². The Balaban J connectivity index is 3.97. The van der Waals surface area contributed by atoms with E-state index in [9.17, 15) is 0 Å². The monoisotopic (exact) mass is 186 g/mol. The van der Waals surface area contributed by atoms with E-state index in [1.807, 2.05) is 7.05 Å². The van der Waals surface area contributed by atoms with Crippen LogP contribution in [0.4, 0.5) is 0 Å². The summed E-state index contributed by atoms with van der Waals surface area (Å²) in [6.45, 7) is 11.4. The highest BCUT2D eigenvalue weighted by atomic mass is 15.1. The zero-order valence-electron chi connectivity index (χ0n) is 10.1. The quantitative estimate of drug-likeness (QED) is 0.706. The van der Waals surface area contributed by atoms with E-state index in [0.29, 0.717) is 11.5 Å². The van der Waals surface area contributed by atoms with Crippen LogP contribution < -0.4 is 5.32 Å². The molecule has 2 heteroatoms. The standard InChI is InChI=1S/C11H26N2/c1-7-10(8-12-5)13(6)9-11(2,3)4/h10,12H,7-9H2,1-6H3. The fraction of sp³-hybridized carbons (Fsp3) is 1.00. The summed E-state index contributed by atoms with van der Waals surface area (Å²) in [5, 5.41) is 3.24. The van der Waals surface area contributed by atoms with Gasteiger partial charge < -0.3 is 10.2 Å². The molecular weight excluding hydrogens is 160 g/mol. The molecule has 1 atom stereocenters. The van der Waals surface area contributed by atoms with Crippen LogP contribution in [0, 0.1) is 5.41 Å². The van der Waals surface area contributed by atoms with E-state index < -0.39 is 0 Å². The van der Waals surface area contributed by atoms with Gasteiger partial charge in [0.25, 0.3) is 0 Å². The third kappa shape index (κ3) is 6.05. The van der Waals surface area contributed by atoms with Crippen molar-refractivity contribution >= 4 is 0 Å². The van der Waals surface area contributed by atoms with Gasteiger partial charge in [-0.25, -0.2) is 0 Å². The highest BCUT2D eigenvalue weighted by Gasteiger charge is 2.18. The van der Waals surface area contributed by atoms with Crippen molar-refractivity contribution in [2.24, 2.45) is 5.41 Å². The van der Waals surface area contributed by atoms with Crippen LogP contribution in [0.15, 0.2) is 0 Å². The molecule has 0 spiro atoms. The lowest BCUT2D eigenvalue weighted by atomic mass is 9.95. The molecule has 0 radical (unpaired) electrons. The summed E-state index contributed by atoms with van der Waals surface area (Å²) < 4.78 is 0. The molecular formula is C11H26N2. The Bertz CT molecular complexity index is 127. The Morgan fingerprint density at radius 2 is 1.85 bits per heavy atom. The largest absolute Gasteiger partial charge is 0.318 e.